The summed E-state index contributed by atoms with van der Waals surface area (Å²) < 4.78 is 19.5. The van der Waals surface area contributed by atoms with Gasteiger partial charge in [0.1, 0.15) is 11.5 Å². The number of aromatic nitrogens is 2. The lowest BCUT2D eigenvalue weighted by molar-refractivity contribution is 0.281. The van der Waals surface area contributed by atoms with Crippen molar-refractivity contribution in [3.8, 4) is 23.3 Å². The molecule has 0 fully saturated rings. The molecule has 0 saturated heterocycles. The SMILES string of the molecule is OCc1ccc(Oc2nsnc2Oc2ccc(CO)cc2)cc1. The molecule has 7 heteroatoms. The molecule has 2 aromatic carbocycles. The van der Waals surface area contributed by atoms with Crippen molar-refractivity contribution in [1.82, 2.24) is 8.75 Å². The summed E-state index contributed by atoms with van der Waals surface area (Å²) in [4.78, 5) is 0. The fourth-order valence-corrected chi connectivity index (χ4v) is 2.27. The predicted octanol–water partition coefficient (Wildman–Crippen LogP) is 3.11. The molecule has 0 spiro atoms. The van der Waals surface area contributed by atoms with Crippen LogP contribution in [0.4, 0.5) is 0 Å². The number of ether oxygens (including phenoxy) is 2. The van der Waals surface area contributed by atoms with Crippen molar-refractivity contribution in [1.29, 1.82) is 0 Å². The Bertz CT molecular complexity index is 693. The summed E-state index contributed by atoms with van der Waals surface area (Å²) in [5, 5.41) is 18.1. The van der Waals surface area contributed by atoms with Gasteiger partial charge in [-0.25, -0.2) is 0 Å². The molecule has 23 heavy (non-hydrogen) atoms. The highest BCUT2D eigenvalue weighted by Crippen LogP contribution is 2.32. The third-order valence-corrected chi connectivity index (χ3v) is 3.57. The third kappa shape index (κ3) is 3.84. The molecule has 6 nitrogen and oxygen atoms in total. The molecule has 0 saturated carbocycles. The van der Waals surface area contributed by atoms with Crippen molar-refractivity contribution in [2.24, 2.45) is 0 Å². The van der Waals surface area contributed by atoms with Crippen LogP contribution in [-0.4, -0.2) is 19.0 Å². The highest BCUT2D eigenvalue weighted by molar-refractivity contribution is 6.99. The predicted molar refractivity (Wildman–Crippen MR) is 84.8 cm³/mol. The zero-order chi connectivity index (χ0) is 16.1. The first kappa shape index (κ1) is 15.4. The van der Waals surface area contributed by atoms with E-state index >= 15 is 0 Å². The van der Waals surface area contributed by atoms with Crippen molar-refractivity contribution in [3.63, 3.8) is 0 Å². The van der Waals surface area contributed by atoms with E-state index in [1.807, 2.05) is 0 Å². The Labute approximate surface area is 136 Å². The largest absolute Gasteiger partial charge is 0.434 e. The number of nitrogens with zero attached hydrogens (tertiary/aromatic N) is 2. The average molecular weight is 330 g/mol. The van der Waals surface area contributed by atoms with Gasteiger partial charge in [0.2, 0.25) is 0 Å². The van der Waals surface area contributed by atoms with E-state index < -0.39 is 0 Å². The van der Waals surface area contributed by atoms with Crippen LogP contribution in [0.1, 0.15) is 11.1 Å². The van der Waals surface area contributed by atoms with Crippen molar-refractivity contribution in [3.05, 3.63) is 59.7 Å². The van der Waals surface area contributed by atoms with Crippen molar-refractivity contribution in [2.75, 3.05) is 0 Å². The molecule has 2 N–H and O–H groups in total. The second kappa shape index (κ2) is 7.19. The number of rotatable bonds is 6. The van der Waals surface area contributed by atoms with E-state index in [0.717, 1.165) is 22.9 Å². The van der Waals surface area contributed by atoms with Crippen LogP contribution < -0.4 is 9.47 Å². The van der Waals surface area contributed by atoms with Crippen LogP contribution in [0.2, 0.25) is 0 Å². The van der Waals surface area contributed by atoms with E-state index in [4.69, 9.17) is 19.7 Å². The lowest BCUT2D eigenvalue weighted by Crippen LogP contribution is -1.91. The molecule has 1 aromatic heterocycles. The van der Waals surface area contributed by atoms with Gasteiger partial charge in [0.05, 0.1) is 24.9 Å². The van der Waals surface area contributed by atoms with E-state index in [0.29, 0.717) is 11.5 Å². The molecular weight excluding hydrogens is 316 g/mol. The first-order chi connectivity index (χ1) is 11.3. The Morgan fingerprint density at radius 3 is 1.43 bits per heavy atom. The molecule has 1 heterocycles. The van der Waals surface area contributed by atoms with Crippen molar-refractivity contribution >= 4 is 11.7 Å². The molecule has 0 bridgehead atoms. The first-order valence-corrected chi connectivity index (χ1v) is 7.59. The van der Waals surface area contributed by atoms with Crippen LogP contribution in [0, 0.1) is 0 Å². The molecule has 0 aliphatic carbocycles. The van der Waals surface area contributed by atoms with Crippen LogP contribution in [0.15, 0.2) is 48.5 Å². The molecular formula is C16H14N2O4S. The minimum absolute atomic E-state index is 0.0171. The zero-order valence-corrected chi connectivity index (χ0v) is 12.9. The molecule has 3 aromatic rings. The van der Waals surface area contributed by atoms with Crippen LogP contribution in [-0.2, 0) is 13.2 Å². The normalized spacial score (nSPS) is 10.5. The van der Waals surface area contributed by atoms with Crippen molar-refractivity contribution in [2.45, 2.75) is 13.2 Å². The molecule has 0 amide bonds. The number of aliphatic hydroxyl groups is 2. The van der Waals surface area contributed by atoms with Gasteiger partial charge in [0, 0.05) is 0 Å². The third-order valence-electron chi connectivity index (χ3n) is 3.07. The van der Waals surface area contributed by atoms with Gasteiger partial charge in [-0.2, -0.15) is 0 Å². The molecule has 0 radical (unpaired) electrons. The van der Waals surface area contributed by atoms with E-state index in [9.17, 15) is 0 Å². The smallest absolute Gasteiger partial charge is 0.297 e. The van der Waals surface area contributed by atoms with E-state index in [-0.39, 0.29) is 25.0 Å². The lowest BCUT2D eigenvalue weighted by atomic mass is 10.2. The van der Waals surface area contributed by atoms with E-state index in [2.05, 4.69) is 8.75 Å². The van der Waals surface area contributed by atoms with Gasteiger partial charge in [-0.05, 0) is 35.4 Å². The summed E-state index contributed by atoms with van der Waals surface area (Å²) >= 11 is 0.990. The summed E-state index contributed by atoms with van der Waals surface area (Å²) in [6.45, 7) is -0.0343. The molecule has 3 rings (SSSR count). The van der Waals surface area contributed by atoms with Crippen LogP contribution in [0.5, 0.6) is 23.3 Å². The van der Waals surface area contributed by atoms with Gasteiger partial charge in [0.15, 0.2) is 0 Å². The first-order valence-electron chi connectivity index (χ1n) is 6.86. The molecule has 0 unspecified atom stereocenters. The quantitative estimate of drug-likeness (QED) is 0.722. The topological polar surface area (TPSA) is 84.7 Å². The fourth-order valence-electron chi connectivity index (χ4n) is 1.85. The highest BCUT2D eigenvalue weighted by Gasteiger charge is 2.13. The standard InChI is InChI=1S/C16H14N2O4S/c19-9-11-1-5-13(6-2-11)21-15-16(18-23-17-15)22-14-7-3-12(10-20)4-8-14/h1-8,19-20H,9-10H2. The Morgan fingerprint density at radius 2 is 1.09 bits per heavy atom. The fraction of sp³-hybridized carbons (Fsp3) is 0.125. The average Bonchev–Trinajstić information content (AvgIpc) is 3.03. The maximum absolute atomic E-state index is 9.03. The molecule has 0 atom stereocenters. The Kier molecular flexibility index (Phi) is 4.82. The monoisotopic (exact) mass is 330 g/mol. The highest BCUT2D eigenvalue weighted by atomic mass is 32.1. The van der Waals surface area contributed by atoms with Crippen LogP contribution in [0.3, 0.4) is 0 Å². The number of benzene rings is 2. The maximum atomic E-state index is 9.03. The molecule has 0 aliphatic rings. The minimum Gasteiger partial charge on any atom is -0.434 e. The minimum atomic E-state index is -0.0171. The zero-order valence-electron chi connectivity index (χ0n) is 12.0. The second-order valence-corrected chi connectivity index (χ2v) is 5.21. The summed E-state index contributed by atoms with van der Waals surface area (Å²) in [7, 11) is 0. The van der Waals surface area contributed by atoms with Crippen LogP contribution in [0.25, 0.3) is 0 Å². The van der Waals surface area contributed by atoms with Crippen molar-refractivity contribution < 1.29 is 19.7 Å². The number of hydrogen-bond acceptors (Lipinski definition) is 7. The number of aliphatic hydroxyl groups excluding tert-OH is 2. The summed E-state index contributed by atoms with van der Waals surface area (Å²) in [6, 6.07) is 14.0. The summed E-state index contributed by atoms with van der Waals surface area (Å²) in [5.74, 6) is 1.71. The molecule has 0 aliphatic heterocycles. The number of hydrogen-bond donors (Lipinski definition) is 2. The Hall–Kier alpha value is -2.48. The van der Waals surface area contributed by atoms with Crippen LogP contribution >= 0.6 is 11.7 Å². The van der Waals surface area contributed by atoms with Gasteiger partial charge >= 0.3 is 0 Å². The summed E-state index contributed by atoms with van der Waals surface area (Å²) in [6.07, 6.45) is 0. The van der Waals surface area contributed by atoms with E-state index in [1.54, 1.807) is 48.5 Å². The van der Waals surface area contributed by atoms with Gasteiger partial charge in [0.25, 0.3) is 11.8 Å². The maximum Gasteiger partial charge on any atom is 0.297 e. The van der Waals surface area contributed by atoms with Gasteiger partial charge in [-0.15, -0.1) is 8.75 Å². The van der Waals surface area contributed by atoms with Gasteiger partial charge in [-0.3, -0.25) is 0 Å². The Morgan fingerprint density at radius 1 is 0.696 bits per heavy atom. The second-order valence-electron chi connectivity index (χ2n) is 4.68. The van der Waals surface area contributed by atoms with E-state index in [1.165, 1.54) is 0 Å². The summed E-state index contributed by atoms with van der Waals surface area (Å²) in [5.41, 5.74) is 1.60. The molecule has 118 valence electrons. The van der Waals surface area contributed by atoms with Gasteiger partial charge < -0.3 is 19.7 Å². The van der Waals surface area contributed by atoms with Gasteiger partial charge in [-0.1, -0.05) is 24.3 Å². The Balaban J connectivity index is 1.73. The lowest BCUT2D eigenvalue weighted by Gasteiger charge is -2.06.